The van der Waals surface area contributed by atoms with Crippen LogP contribution >= 0.6 is 0 Å². The molecule has 0 bridgehead atoms. The van der Waals surface area contributed by atoms with E-state index in [0.717, 1.165) is 25.9 Å². The number of nitrogens with zero attached hydrogens (tertiary/aromatic N) is 1. The lowest BCUT2D eigenvalue weighted by Crippen LogP contribution is -2.15. The van der Waals surface area contributed by atoms with Crippen molar-refractivity contribution in [2.75, 3.05) is 11.9 Å². The molecule has 1 fully saturated rings. The van der Waals surface area contributed by atoms with Crippen LogP contribution in [0.4, 0.5) is 5.69 Å². The molecule has 1 saturated heterocycles. The summed E-state index contributed by atoms with van der Waals surface area (Å²) >= 11 is 0. The lowest BCUT2D eigenvalue weighted by atomic mass is 10.1. The Morgan fingerprint density at radius 1 is 1.53 bits per heavy atom. The van der Waals surface area contributed by atoms with Crippen molar-refractivity contribution in [3.05, 3.63) is 11.5 Å². The number of aryl methyl sites for hydroxylation is 2. The number of amides is 1. The molecular weight excluding hydrogens is 220 g/mol. The third-order valence-corrected chi connectivity index (χ3v) is 3.02. The largest absolute Gasteiger partial charge is 0.378 e. The number of anilines is 1. The lowest BCUT2D eigenvalue weighted by Gasteiger charge is -2.08. The van der Waals surface area contributed by atoms with Gasteiger partial charge in [0.25, 0.3) is 0 Å². The SMILES string of the molecule is Cc1noc(C)c1NC(=O)CCC1CCCO1. The Morgan fingerprint density at radius 2 is 2.35 bits per heavy atom. The minimum Gasteiger partial charge on any atom is -0.378 e. The van der Waals surface area contributed by atoms with Crippen molar-refractivity contribution >= 4 is 11.6 Å². The predicted molar refractivity (Wildman–Crippen MR) is 62.8 cm³/mol. The second-order valence-corrected chi connectivity index (χ2v) is 4.42. The normalized spacial score (nSPS) is 19.5. The number of carbonyl (C=O) groups is 1. The molecule has 5 heteroatoms. The molecule has 17 heavy (non-hydrogen) atoms. The summed E-state index contributed by atoms with van der Waals surface area (Å²) in [5.41, 5.74) is 1.41. The number of hydrogen-bond donors (Lipinski definition) is 1. The first-order valence-electron chi connectivity index (χ1n) is 6.01. The molecule has 0 aliphatic carbocycles. The Morgan fingerprint density at radius 3 is 2.94 bits per heavy atom. The zero-order valence-electron chi connectivity index (χ0n) is 10.3. The molecule has 1 unspecified atom stereocenters. The summed E-state index contributed by atoms with van der Waals surface area (Å²) in [6, 6.07) is 0. The van der Waals surface area contributed by atoms with Crippen LogP contribution in [0, 0.1) is 13.8 Å². The van der Waals surface area contributed by atoms with Crippen LogP contribution in [0.5, 0.6) is 0 Å². The van der Waals surface area contributed by atoms with Gasteiger partial charge >= 0.3 is 0 Å². The zero-order chi connectivity index (χ0) is 12.3. The number of carbonyl (C=O) groups excluding carboxylic acids is 1. The van der Waals surface area contributed by atoms with Crippen molar-refractivity contribution < 1.29 is 14.1 Å². The van der Waals surface area contributed by atoms with Gasteiger partial charge in [0.1, 0.15) is 11.4 Å². The third-order valence-electron chi connectivity index (χ3n) is 3.02. The zero-order valence-corrected chi connectivity index (χ0v) is 10.3. The average molecular weight is 238 g/mol. The van der Waals surface area contributed by atoms with Gasteiger partial charge in [-0.25, -0.2) is 0 Å². The molecule has 1 aromatic rings. The first-order chi connectivity index (χ1) is 8.16. The van der Waals surface area contributed by atoms with Crippen molar-refractivity contribution in [1.82, 2.24) is 5.16 Å². The van der Waals surface area contributed by atoms with Crippen LogP contribution in [0.3, 0.4) is 0 Å². The Labute approximate surface area is 101 Å². The van der Waals surface area contributed by atoms with Crippen molar-refractivity contribution in [1.29, 1.82) is 0 Å². The van der Waals surface area contributed by atoms with Gasteiger partial charge in [-0.3, -0.25) is 4.79 Å². The molecule has 1 aliphatic heterocycles. The molecular formula is C12H18N2O3. The molecule has 2 heterocycles. The highest BCUT2D eigenvalue weighted by atomic mass is 16.5. The van der Waals surface area contributed by atoms with Gasteiger partial charge in [-0.2, -0.15) is 0 Å². The molecule has 1 aromatic heterocycles. The van der Waals surface area contributed by atoms with Crippen LogP contribution in [-0.2, 0) is 9.53 Å². The van der Waals surface area contributed by atoms with Gasteiger partial charge in [0.05, 0.1) is 6.10 Å². The lowest BCUT2D eigenvalue weighted by molar-refractivity contribution is -0.116. The quantitative estimate of drug-likeness (QED) is 0.873. The summed E-state index contributed by atoms with van der Waals surface area (Å²) in [6.45, 7) is 4.43. The number of nitrogens with one attached hydrogen (secondary N) is 1. The molecule has 0 aromatic carbocycles. The highest BCUT2D eigenvalue weighted by Gasteiger charge is 2.18. The van der Waals surface area contributed by atoms with Crippen molar-refractivity contribution in [2.45, 2.75) is 45.6 Å². The maximum atomic E-state index is 11.7. The highest BCUT2D eigenvalue weighted by molar-refractivity contribution is 5.91. The van der Waals surface area contributed by atoms with Gasteiger partial charge in [-0.1, -0.05) is 5.16 Å². The molecule has 0 saturated carbocycles. The van der Waals surface area contributed by atoms with E-state index in [1.165, 1.54) is 0 Å². The van der Waals surface area contributed by atoms with Gasteiger partial charge in [0.2, 0.25) is 5.91 Å². The van der Waals surface area contributed by atoms with Crippen molar-refractivity contribution in [2.24, 2.45) is 0 Å². The van der Waals surface area contributed by atoms with Crippen LogP contribution in [0.15, 0.2) is 4.52 Å². The minimum atomic E-state index is -0.00472. The first kappa shape index (κ1) is 12.1. The molecule has 1 aliphatic rings. The monoisotopic (exact) mass is 238 g/mol. The molecule has 0 radical (unpaired) electrons. The van der Waals surface area contributed by atoms with Crippen LogP contribution in [0.1, 0.15) is 37.1 Å². The Hall–Kier alpha value is -1.36. The molecule has 94 valence electrons. The van der Waals surface area contributed by atoms with Gasteiger partial charge in [-0.15, -0.1) is 0 Å². The number of rotatable bonds is 4. The second-order valence-electron chi connectivity index (χ2n) is 4.42. The van der Waals surface area contributed by atoms with E-state index in [9.17, 15) is 4.79 Å². The summed E-state index contributed by atoms with van der Waals surface area (Å²) in [7, 11) is 0. The number of aromatic nitrogens is 1. The van der Waals surface area contributed by atoms with E-state index in [0.29, 0.717) is 23.6 Å². The minimum absolute atomic E-state index is 0.00472. The topological polar surface area (TPSA) is 64.4 Å². The summed E-state index contributed by atoms with van der Waals surface area (Å²) in [6.07, 6.45) is 3.70. The maximum absolute atomic E-state index is 11.7. The Bertz CT molecular complexity index is 375. The van der Waals surface area contributed by atoms with E-state index in [-0.39, 0.29) is 12.0 Å². The van der Waals surface area contributed by atoms with E-state index in [4.69, 9.17) is 9.26 Å². The van der Waals surface area contributed by atoms with E-state index >= 15 is 0 Å². The summed E-state index contributed by atoms with van der Waals surface area (Å²) in [4.78, 5) is 11.7. The van der Waals surface area contributed by atoms with E-state index in [1.807, 2.05) is 6.92 Å². The van der Waals surface area contributed by atoms with Crippen LogP contribution in [0.25, 0.3) is 0 Å². The van der Waals surface area contributed by atoms with Crippen molar-refractivity contribution in [3.8, 4) is 0 Å². The first-order valence-corrected chi connectivity index (χ1v) is 6.01. The molecule has 2 rings (SSSR count). The van der Waals surface area contributed by atoms with Gasteiger partial charge < -0.3 is 14.6 Å². The summed E-state index contributed by atoms with van der Waals surface area (Å²) < 4.78 is 10.5. The van der Waals surface area contributed by atoms with Gasteiger partial charge in [0.15, 0.2) is 5.76 Å². The van der Waals surface area contributed by atoms with E-state index in [1.54, 1.807) is 6.92 Å². The molecule has 1 N–H and O–H groups in total. The van der Waals surface area contributed by atoms with Crippen LogP contribution in [0.2, 0.25) is 0 Å². The van der Waals surface area contributed by atoms with Gasteiger partial charge in [-0.05, 0) is 33.1 Å². The maximum Gasteiger partial charge on any atom is 0.224 e. The van der Waals surface area contributed by atoms with E-state index in [2.05, 4.69) is 10.5 Å². The van der Waals surface area contributed by atoms with Crippen LogP contribution in [-0.4, -0.2) is 23.8 Å². The van der Waals surface area contributed by atoms with E-state index < -0.39 is 0 Å². The van der Waals surface area contributed by atoms with Gasteiger partial charge in [0, 0.05) is 13.0 Å². The molecule has 5 nitrogen and oxygen atoms in total. The molecule has 1 amide bonds. The average Bonchev–Trinajstić information content (AvgIpc) is 2.91. The molecule has 1 atom stereocenters. The Kier molecular flexibility index (Phi) is 3.78. The summed E-state index contributed by atoms with van der Waals surface area (Å²) in [5.74, 6) is 0.642. The van der Waals surface area contributed by atoms with Crippen molar-refractivity contribution in [3.63, 3.8) is 0 Å². The second kappa shape index (κ2) is 5.31. The smallest absolute Gasteiger partial charge is 0.224 e. The highest BCUT2D eigenvalue weighted by Crippen LogP contribution is 2.20. The number of ether oxygens (including phenoxy) is 1. The predicted octanol–water partition coefficient (Wildman–Crippen LogP) is 2.19. The molecule has 0 spiro atoms. The van der Waals surface area contributed by atoms with Crippen LogP contribution < -0.4 is 5.32 Å². The summed E-state index contributed by atoms with van der Waals surface area (Å²) in [5, 5.41) is 6.62. The standard InChI is InChI=1S/C12H18N2O3/c1-8-12(9(2)17-14-8)13-11(15)6-5-10-4-3-7-16-10/h10H,3-7H2,1-2H3,(H,13,15). The fourth-order valence-corrected chi connectivity index (χ4v) is 2.03. The fourth-order valence-electron chi connectivity index (χ4n) is 2.03. The fraction of sp³-hybridized carbons (Fsp3) is 0.667. The third kappa shape index (κ3) is 3.06. The Balaban J connectivity index is 1.80. The number of hydrogen-bond acceptors (Lipinski definition) is 4.